The van der Waals surface area contributed by atoms with E-state index in [9.17, 15) is 18.0 Å². The van der Waals surface area contributed by atoms with E-state index in [1.165, 1.54) is 13.1 Å². The van der Waals surface area contributed by atoms with Crippen molar-refractivity contribution in [3.05, 3.63) is 21.0 Å². The highest BCUT2D eigenvalue weighted by Gasteiger charge is 2.34. The Morgan fingerprint density at radius 3 is 2.56 bits per heavy atom. The van der Waals surface area contributed by atoms with Crippen LogP contribution in [0.1, 0.15) is 16.1 Å². The van der Waals surface area contributed by atoms with Crippen molar-refractivity contribution < 1.29 is 27.8 Å². The van der Waals surface area contributed by atoms with Crippen molar-refractivity contribution in [2.75, 3.05) is 0 Å². The molecule has 16 heavy (non-hydrogen) atoms. The van der Waals surface area contributed by atoms with Crippen LogP contribution >= 0.6 is 22.6 Å². The molecule has 0 aromatic carbocycles. The van der Waals surface area contributed by atoms with Gasteiger partial charge in [0.05, 0.1) is 0 Å². The van der Waals surface area contributed by atoms with Gasteiger partial charge in [-0.2, -0.15) is 0 Å². The second kappa shape index (κ2) is 4.44. The molecule has 0 aliphatic heterocycles. The first-order chi connectivity index (χ1) is 7.22. The second-order valence-corrected chi connectivity index (χ2v) is 3.92. The molecule has 88 valence electrons. The summed E-state index contributed by atoms with van der Waals surface area (Å²) in [6, 6.07) is 0. The summed E-state index contributed by atoms with van der Waals surface area (Å²) in [7, 11) is 0. The Bertz CT molecular complexity index is 433. The van der Waals surface area contributed by atoms with E-state index in [-0.39, 0.29) is 5.56 Å². The lowest BCUT2D eigenvalue weighted by molar-refractivity contribution is -0.275. The van der Waals surface area contributed by atoms with Crippen molar-refractivity contribution in [1.82, 2.24) is 4.98 Å². The minimum Gasteiger partial charge on any atom is -0.476 e. The molecule has 0 atom stereocenters. The Kier molecular flexibility index (Phi) is 3.61. The number of alkyl halides is 3. The van der Waals surface area contributed by atoms with E-state index in [2.05, 4.69) is 9.72 Å². The SMILES string of the molecule is Cc1c(I)cnc(C(=O)O)c1OC(F)(F)F. The number of carboxylic acids is 1. The lowest BCUT2D eigenvalue weighted by atomic mass is 10.2. The van der Waals surface area contributed by atoms with E-state index >= 15 is 0 Å². The van der Waals surface area contributed by atoms with E-state index in [0.717, 1.165) is 0 Å². The number of aromatic carboxylic acids is 1. The van der Waals surface area contributed by atoms with E-state index in [4.69, 9.17) is 5.11 Å². The number of ether oxygens (including phenoxy) is 1. The maximum atomic E-state index is 12.1. The Morgan fingerprint density at radius 2 is 2.12 bits per heavy atom. The number of pyridine rings is 1. The van der Waals surface area contributed by atoms with Crippen molar-refractivity contribution in [1.29, 1.82) is 0 Å². The van der Waals surface area contributed by atoms with E-state index in [1.54, 1.807) is 22.6 Å². The fourth-order valence-corrected chi connectivity index (χ4v) is 1.34. The molecule has 1 aromatic rings. The largest absolute Gasteiger partial charge is 0.573 e. The molecule has 0 bridgehead atoms. The van der Waals surface area contributed by atoms with Crippen molar-refractivity contribution in [2.45, 2.75) is 13.3 Å². The molecule has 0 spiro atoms. The summed E-state index contributed by atoms with van der Waals surface area (Å²) in [5, 5.41) is 8.67. The molecule has 0 unspecified atom stereocenters. The van der Waals surface area contributed by atoms with Crippen molar-refractivity contribution in [3.63, 3.8) is 0 Å². The molecular weight excluding hydrogens is 342 g/mol. The minimum absolute atomic E-state index is 0.0883. The first-order valence-corrected chi connectivity index (χ1v) is 4.94. The number of carbonyl (C=O) groups is 1. The van der Waals surface area contributed by atoms with Crippen molar-refractivity contribution in [2.24, 2.45) is 0 Å². The highest BCUT2D eigenvalue weighted by atomic mass is 127. The standard InChI is InChI=1S/C8H5F3INO3/c1-3-4(12)2-13-5(7(14)15)6(3)16-8(9,10)11/h2H,1H3,(H,14,15). The molecule has 0 aliphatic rings. The van der Waals surface area contributed by atoms with E-state index in [0.29, 0.717) is 3.57 Å². The number of rotatable bonds is 2. The molecule has 4 nitrogen and oxygen atoms in total. The summed E-state index contributed by atoms with van der Waals surface area (Å²) in [5.74, 6) is -2.34. The van der Waals surface area contributed by atoms with E-state index < -0.39 is 23.8 Å². The minimum atomic E-state index is -4.94. The molecule has 0 aliphatic carbocycles. The quantitative estimate of drug-likeness (QED) is 0.836. The van der Waals surface area contributed by atoms with Gasteiger partial charge < -0.3 is 9.84 Å². The predicted octanol–water partition coefficient (Wildman–Crippen LogP) is 2.59. The lowest BCUT2D eigenvalue weighted by Crippen LogP contribution is -2.20. The lowest BCUT2D eigenvalue weighted by Gasteiger charge is -2.13. The van der Waals surface area contributed by atoms with Crippen LogP contribution in [0.5, 0.6) is 5.75 Å². The zero-order valence-electron chi connectivity index (χ0n) is 7.80. The molecule has 0 amide bonds. The Balaban J connectivity index is 3.32. The zero-order chi connectivity index (χ0) is 12.5. The monoisotopic (exact) mass is 347 g/mol. The van der Waals surface area contributed by atoms with Gasteiger partial charge in [0, 0.05) is 15.3 Å². The predicted molar refractivity (Wildman–Crippen MR) is 55.3 cm³/mol. The third-order valence-electron chi connectivity index (χ3n) is 1.64. The summed E-state index contributed by atoms with van der Waals surface area (Å²) >= 11 is 1.74. The van der Waals surface area contributed by atoms with Crippen LogP contribution in [0.2, 0.25) is 0 Å². The summed E-state index contributed by atoms with van der Waals surface area (Å²) in [6.45, 7) is 1.33. The number of halogens is 4. The maximum Gasteiger partial charge on any atom is 0.573 e. The van der Waals surface area contributed by atoms with Crippen LogP contribution in [-0.2, 0) is 0 Å². The number of hydrogen-bond donors (Lipinski definition) is 1. The summed E-state index contributed by atoms with van der Waals surface area (Å²) < 4.78 is 40.2. The highest BCUT2D eigenvalue weighted by molar-refractivity contribution is 14.1. The molecule has 1 aromatic heterocycles. The fraction of sp³-hybridized carbons (Fsp3) is 0.250. The first kappa shape index (κ1) is 13.0. The van der Waals surface area contributed by atoms with Crippen LogP contribution in [0, 0.1) is 10.5 Å². The van der Waals surface area contributed by atoms with Gasteiger partial charge in [-0.15, -0.1) is 13.2 Å². The normalized spacial score (nSPS) is 11.3. The molecule has 0 radical (unpaired) electrons. The summed E-state index contributed by atoms with van der Waals surface area (Å²) in [5.41, 5.74) is -0.666. The molecular formula is C8H5F3INO3. The maximum absolute atomic E-state index is 12.1. The third kappa shape index (κ3) is 2.97. The van der Waals surface area contributed by atoms with Crippen molar-refractivity contribution >= 4 is 28.6 Å². The number of hydrogen-bond acceptors (Lipinski definition) is 3. The van der Waals surface area contributed by atoms with Gasteiger partial charge in [-0.3, -0.25) is 0 Å². The van der Waals surface area contributed by atoms with Crippen LogP contribution in [0.3, 0.4) is 0 Å². The van der Waals surface area contributed by atoms with Gasteiger partial charge >= 0.3 is 12.3 Å². The van der Waals surface area contributed by atoms with Gasteiger partial charge in [-0.25, -0.2) is 9.78 Å². The smallest absolute Gasteiger partial charge is 0.476 e. The van der Waals surface area contributed by atoms with Crippen LogP contribution in [-0.4, -0.2) is 22.4 Å². The Hall–Kier alpha value is -1.06. The van der Waals surface area contributed by atoms with Gasteiger partial charge in [0.25, 0.3) is 0 Å². The topological polar surface area (TPSA) is 59.4 Å². The molecule has 0 fully saturated rings. The number of aromatic nitrogens is 1. The Morgan fingerprint density at radius 1 is 1.56 bits per heavy atom. The molecule has 1 rings (SSSR count). The van der Waals surface area contributed by atoms with Crippen LogP contribution in [0.15, 0.2) is 6.20 Å². The van der Waals surface area contributed by atoms with Gasteiger partial charge in [0.2, 0.25) is 0 Å². The number of carboxylic acid groups (broad SMARTS) is 1. The average molecular weight is 347 g/mol. The van der Waals surface area contributed by atoms with Crippen LogP contribution in [0.4, 0.5) is 13.2 Å². The van der Waals surface area contributed by atoms with Gasteiger partial charge in [0.1, 0.15) is 0 Å². The fourth-order valence-electron chi connectivity index (χ4n) is 0.956. The number of nitrogens with zero attached hydrogens (tertiary/aromatic N) is 1. The van der Waals surface area contributed by atoms with Crippen molar-refractivity contribution in [3.8, 4) is 5.75 Å². The van der Waals surface area contributed by atoms with Gasteiger partial charge in [0.15, 0.2) is 11.4 Å². The highest BCUT2D eigenvalue weighted by Crippen LogP contribution is 2.31. The molecule has 0 saturated heterocycles. The summed E-state index contributed by atoms with van der Waals surface area (Å²) in [4.78, 5) is 14.0. The van der Waals surface area contributed by atoms with Gasteiger partial charge in [-0.05, 0) is 29.5 Å². The third-order valence-corrected chi connectivity index (χ3v) is 2.73. The molecule has 1 heterocycles. The van der Waals surface area contributed by atoms with E-state index in [1.807, 2.05) is 0 Å². The average Bonchev–Trinajstić information content (AvgIpc) is 2.10. The molecule has 1 N–H and O–H groups in total. The Labute approximate surface area is 102 Å². The summed E-state index contributed by atoms with van der Waals surface area (Å²) in [6.07, 6.45) is -3.77. The van der Waals surface area contributed by atoms with Gasteiger partial charge in [-0.1, -0.05) is 0 Å². The van der Waals surface area contributed by atoms with Crippen LogP contribution in [0.25, 0.3) is 0 Å². The molecule has 0 saturated carbocycles. The van der Waals surface area contributed by atoms with Crippen LogP contribution < -0.4 is 4.74 Å². The first-order valence-electron chi connectivity index (χ1n) is 3.86. The second-order valence-electron chi connectivity index (χ2n) is 2.76. The zero-order valence-corrected chi connectivity index (χ0v) is 9.96. The molecule has 8 heteroatoms.